The van der Waals surface area contributed by atoms with E-state index in [0.717, 1.165) is 50.5 Å². The summed E-state index contributed by atoms with van der Waals surface area (Å²) in [5.74, 6) is 2.13. The Morgan fingerprint density at radius 2 is 1.70 bits per heavy atom. The standard InChI is InChI=1S/C24H34N2O4/c1-4-13-30-20-12-7-17(14-21(20)29-3)23-24(28)25(18-8-5-16(2)6-9-18)15-22(27)26(23)19-10-11-19/h7,12,14,16,18-19,23H,4-6,8-11,13,15H2,1-3H3/t16?,18?,23-/m0/s1. The van der Waals surface area contributed by atoms with Crippen LogP contribution in [0.1, 0.15) is 70.4 Å². The maximum atomic E-state index is 13.7. The molecule has 0 spiro atoms. The second kappa shape index (κ2) is 8.86. The molecular formula is C24H34N2O4. The number of carbonyl (C=O) groups is 2. The van der Waals surface area contributed by atoms with Crippen LogP contribution in [0.4, 0.5) is 0 Å². The van der Waals surface area contributed by atoms with E-state index in [0.29, 0.717) is 24.0 Å². The molecule has 6 nitrogen and oxygen atoms in total. The van der Waals surface area contributed by atoms with Gasteiger partial charge in [-0.2, -0.15) is 0 Å². The number of benzene rings is 1. The summed E-state index contributed by atoms with van der Waals surface area (Å²) in [4.78, 5) is 30.6. The lowest BCUT2D eigenvalue weighted by atomic mass is 9.85. The van der Waals surface area contributed by atoms with E-state index < -0.39 is 6.04 Å². The maximum Gasteiger partial charge on any atom is 0.250 e. The van der Waals surface area contributed by atoms with Crippen LogP contribution in [0.3, 0.4) is 0 Å². The van der Waals surface area contributed by atoms with Crippen LogP contribution < -0.4 is 9.47 Å². The molecule has 1 aliphatic heterocycles. The molecule has 1 saturated heterocycles. The highest BCUT2D eigenvalue weighted by molar-refractivity contribution is 5.96. The van der Waals surface area contributed by atoms with Crippen molar-refractivity contribution in [1.29, 1.82) is 0 Å². The van der Waals surface area contributed by atoms with E-state index in [1.807, 2.05) is 28.0 Å². The minimum absolute atomic E-state index is 0.0605. The molecule has 164 valence electrons. The Bertz CT molecular complexity index is 783. The third-order valence-corrected chi connectivity index (χ3v) is 6.72. The molecule has 1 atom stereocenters. The highest BCUT2D eigenvalue weighted by Gasteiger charge is 2.48. The van der Waals surface area contributed by atoms with Crippen molar-refractivity contribution >= 4 is 11.8 Å². The Morgan fingerprint density at radius 3 is 2.33 bits per heavy atom. The zero-order chi connectivity index (χ0) is 21.3. The topological polar surface area (TPSA) is 59.1 Å². The number of nitrogens with zero attached hydrogens (tertiary/aromatic N) is 2. The van der Waals surface area contributed by atoms with E-state index in [2.05, 4.69) is 13.8 Å². The van der Waals surface area contributed by atoms with Crippen LogP contribution in [0.15, 0.2) is 18.2 Å². The molecule has 4 rings (SSSR count). The normalized spacial score (nSPS) is 27.4. The Hall–Kier alpha value is -2.24. The number of rotatable bonds is 7. The molecule has 1 heterocycles. The van der Waals surface area contributed by atoms with Gasteiger partial charge in [-0.05, 0) is 68.6 Å². The van der Waals surface area contributed by atoms with Crippen molar-refractivity contribution in [2.24, 2.45) is 5.92 Å². The van der Waals surface area contributed by atoms with Crippen molar-refractivity contribution in [3.05, 3.63) is 23.8 Å². The molecule has 2 aliphatic carbocycles. The average Bonchev–Trinajstić information content (AvgIpc) is 3.59. The van der Waals surface area contributed by atoms with Crippen molar-refractivity contribution in [3.63, 3.8) is 0 Å². The number of methoxy groups -OCH3 is 1. The second-order valence-corrected chi connectivity index (χ2v) is 9.07. The third-order valence-electron chi connectivity index (χ3n) is 6.72. The summed E-state index contributed by atoms with van der Waals surface area (Å²) in [5.41, 5.74) is 0.815. The van der Waals surface area contributed by atoms with E-state index in [-0.39, 0.29) is 30.4 Å². The van der Waals surface area contributed by atoms with Gasteiger partial charge in [0.15, 0.2) is 11.5 Å². The number of piperazine rings is 1. The lowest BCUT2D eigenvalue weighted by molar-refractivity contribution is -0.160. The molecule has 0 bridgehead atoms. The fourth-order valence-corrected chi connectivity index (χ4v) is 4.84. The van der Waals surface area contributed by atoms with Gasteiger partial charge in [-0.3, -0.25) is 9.59 Å². The lowest BCUT2D eigenvalue weighted by Crippen LogP contribution is -2.59. The smallest absolute Gasteiger partial charge is 0.250 e. The van der Waals surface area contributed by atoms with Gasteiger partial charge in [-0.1, -0.05) is 19.9 Å². The fraction of sp³-hybridized carbons (Fsp3) is 0.667. The zero-order valence-corrected chi connectivity index (χ0v) is 18.4. The van der Waals surface area contributed by atoms with E-state index in [4.69, 9.17) is 9.47 Å². The molecule has 1 aromatic rings. The van der Waals surface area contributed by atoms with Gasteiger partial charge in [0.25, 0.3) is 5.91 Å². The second-order valence-electron chi connectivity index (χ2n) is 9.07. The molecular weight excluding hydrogens is 380 g/mol. The van der Waals surface area contributed by atoms with Crippen molar-refractivity contribution in [1.82, 2.24) is 9.80 Å². The van der Waals surface area contributed by atoms with Gasteiger partial charge in [-0.25, -0.2) is 0 Å². The van der Waals surface area contributed by atoms with Crippen LogP contribution in [0.5, 0.6) is 11.5 Å². The van der Waals surface area contributed by atoms with E-state index >= 15 is 0 Å². The Morgan fingerprint density at radius 1 is 1.00 bits per heavy atom. The molecule has 0 unspecified atom stereocenters. The molecule has 0 radical (unpaired) electrons. The summed E-state index contributed by atoms with van der Waals surface area (Å²) >= 11 is 0. The Kier molecular flexibility index (Phi) is 6.21. The highest BCUT2D eigenvalue weighted by atomic mass is 16.5. The molecule has 1 aromatic carbocycles. The van der Waals surface area contributed by atoms with Crippen LogP contribution in [0.2, 0.25) is 0 Å². The van der Waals surface area contributed by atoms with Crippen molar-refractivity contribution in [2.75, 3.05) is 20.3 Å². The average molecular weight is 415 g/mol. The largest absolute Gasteiger partial charge is 0.493 e. The Balaban J connectivity index is 1.64. The predicted molar refractivity (Wildman–Crippen MR) is 115 cm³/mol. The van der Waals surface area contributed by atoms with Crippen molar-refractivity contribution in [2.45, 2.75) is 76.9 Å². The predicted octanol–water partition coefficient (Wildman–Crippen LogP) is 3.94. The number of ether oxygens (including phenoxy) is 2. The SMILES string of the molecule is CCCOc1ccc([C@H]2C(=O)N(C3CCC(C)CC3)CC(=O)N2C2CC2)cc1OC. The lowest BCUT2D eigenvalue weighted by Gasteiger charge is -2.45. The molecule has 0 aromatic heterocycles. The van der Waals surface area contributed by atoms with Gasteiger partial charge >= 0.3 is 0 Å². The van der Waals surface area contributed by atoms with Gasteiger partial charge in [-0.15, -0.1) is 0 Å². The summed E-state index contributed by atoms with van der Waals surface area (Å²) in [6.07, 6.45) is 7.09. The van der Waals surface area contributed by atoms with E-state index in [9.17, 15) is 9.59 Å². The first-order valence-corrected chi connectivity index (χ1v) is 11.5. The maximum absolute atomic E-state index is 13.7. The first-order valence-electron chi connectivity index (χ1n) is 11.5. The number of hydrogen-bond donors (Lipinski definition) is 0. The van der Waals surface area contributed by atoms with Crippen LogP contribution in [-0.2, 0) is 9.59 Å². The van der Waals surface area contributed by atoms with Crippen LogP contribution in [-0.4, -0.2) is 54.0 Å². The molecule has 2 amide bonds. The molecule has 30 heavy (non-hydrogen) atoms. The molecule has 3 fully saturated rings. The van der Waals surface area contributed by atoms with Gasteiger partial charge in [0.05, 0.1) is 13.7 Å². The van der Waals surface area contributed by atoms with Crippen molar-refractivity contribution < 1.29 is 19.1 Å². The first kappa shape index (κ1) is 21.0. The minimum atomic E-state index is -0.563. The van der Waals surface area contributed by atoms with Gasteiger partial charge < -0.3 is 19.3 Å². The summed E-state index contributed by atoms with van der Waals surface area (Å²) in [5, 5.41) is 0. The molecule has 0 N–H and O–H groups in total. The van der Waals surface area contributed by atoms with Gasteiger partial charge in [0.1, 0.15) is 12.6 Å². The summed E-state index contributed by atoms with van der Waals surface area (Å²) < 4.78 is 11.3. The minimum Gasteiger partial charge on any atom is -0.493 e. The number of carbonyl (C=O) groups excluding carboxylic acids is 2. The first-order chi connectivity index (χ1) is 14.5. The monoisotopic (exact) mass is 414 g/mol. The number of amides is 2. The molecule has 2 saturated carbocycles. The van der Waals surface area contributed by atoms with Gasteiger partial charge in [0, 0.05) is 12.1 Å². The Labute approximate surface area is 179 Å². The molecule has 3 aliphatic rings. The van der Waals surface area contributed by atoms with Crippen LogP contribution >= 0.6 is 0 Å². The molecule has 6 heteroatoms. The van der Waals surface area contributed by atoms with Gasteiger partial charge in [0.2, 0.25) is 5.91 Å². The number of hydrogen-bond acceptors (Lipinski definition) is 4. The van der Waals surface area contributed by atoms with Crippen molar-refractivity contribution in [3.8, 4) is 11.5 Å². The third kappa shape index (κ3) is 4.14. The quantitative estimate of drug-likeness (QED) is 0.678. The van der Waals surface area contributed by atoms with E-state index in [1.54, 1.807) is 7.11 Å². The van der Waals surface area contributed by atoms with Crippen LogP contribution in [0, 0.1) is 5.92 Å². The summed E-state index contributed by atoms with van der Waals surface area (Å²) in [6, 6.07) is 5.46. The summed E-state index contributed by atoms with van der Waals surface area (Å²) in [6.45, 7) is 5.16. The fourth-order valence-electron chi connectivity index (χ4n) is 4.84. The zero-order valence-electron chi connectivity index (χ0n) is 18.4. The summed E-state index contributed by atoms with van der Waals surface area (Å²) in [7, 11) is 1.61. The highest BCUT2D eigenvalue weighted by Crippen LogP contribution is 2.41. The van der Waals surface area contributed by atoms with Crippen LogP contribution in [0.25, 0.3) is 0 Å². The van der Waals surface area contributed by atoms with E-state index in [1.165, 1.54) is 0 Å².